The van der Waals surface area contributed by atoms with Crippen LogP contribution in [-0.4, -0.2) is 52.8 Å². The summed E-state index contributed by atoms with van der Waals surface area (Å²) in [6.07, 6.45) is 2.51. The fraction of sp³-hybridized carbons (Fsp3) is 0.562. The van der Waals surface area contributed by atoms with E-state index in [1.54, 1.807) is 23.1 Å². The van der Waals surface area contributed by atoms with Crippen molar-refractivity contribution in [1.29, 1.82) is 0 Å². The van der Waals surface area contributed by atoms with Crippen LogP contribution in [0.1, 0.15) is 23.3 Å². The molecule has 0 spiro atoms. The molecule has 2 aliphatic heterocycles. The number of nitrogens with zero attached hydrogens (tertiary/aromatic N) is 3. The first kappa shape index (κ1) is 14.0. The molecule has 0 aromatic carbocycles. The van der Waals surface area contributed by atoms with Gasteiger partial charge in [-0.25, -0.2) is 4.98 Å². The van der Waals surface area contributed by atoms with Gasteiger partial charge < -0.3 is 9.80 Å². The number of amides is 2. The molecule has 116 valence electrons. The molecule has 0 unspecified atom stereocenters. The third-order valence-electron chi connectivity index (χ3n) is 4.92. The molecule has 0 radical (unpaired) electrons. The van der Waals surface area contributed by atoms with E-state index < -0.39 is 0 Å². The molecular weight excluding hydrogens is 302 g/mol. The van der Waals surface area contributed by atoms with Crippen molar-refractivity contribution >= 4 is 23.4 Å². The molecule has 5 nitrogen and oxygen atoms in total. The minimum absolute atomic E-state index is 0.0260. The van der Waals surface area contributed by atoms with E-state index >= 15 is 0 Å². The number of carbonyl (C=O) groups excluding carboxylic acids is 2. The monoisotopic (exact) mass is 319 g/mol. The minimum atomic E-state index is -0.126. The third kappa shape index (κ3) is 2.47. The quantitative estimate of drug-likeness (QED) is 0.796. The van der Waals surface area contributed by atoms with Gasteiger partial charge in [-0.05, 0) is 30.9 Å². The molecule has 3 aliphatic rings. The van der Waals surface area contributed by atoms with Crippen LogP contribution in [0.5, 0.6) is 0 Å². The fourth-order valence-corrected chi connectivity index (χ4v) is 3.74. The van der Waals surface area contributed by atoms with E-state index in [0.717, 1.165) is 19.0 Å². The number of likely N-dealkylation sites (tertiary alicyclic amines) is 2. The molecule has 1 aromatic rings. The molecule has 6 heteroatoms. The predicted molar refractivity (Wildman–Crippen MR) is 81.4 cm³/mol. The molecule has 1 saturated carbocycles. The average Bonchev–Trinajstić information content (AvgIpc) is 3.15. The third-order valence-corrected chi connectivity index (χ3v) is 5.13. The summed E-state index contributed by atoms with van der Waals surface area (Å²) in [4.78, 5) is 32.8. The highest BCUT2D eigenvalue weighted by Crippen LogP contribution is 2.36. The van der Waals surface area contributed by atoms with Gasteiger partial charge in [0.2, 0.25) is 5.91 Å². The molecule has 3 fully saturated rings. The summed E-state index contributed by atoms with van der Waals surface area (Å²) in [6.45, 7) is 2.87. The second kappa shape index (κ2) is 5.23. The molecule has 1 aromatic heterocycles. The summed E-state index contributed by atoms with van der Waals surface area (Å²) in [6, 6.07) is 5.04. The normalized spacial score (nSPS) is 27.4. The lowest BCUT2D eigenvalue weighted by Gasteiger charge is -2.21. The van der Waals surface area contributed by atoms with Crippen LogP contribution in [-0.2, 0) is 4.79 Å². The van der Waals surface area contributed by atoms with E-state index in [1.165, 1.54) is 12.8 Å². The predicted octanol–water partition coefficient (Wildman–Crippen LogP) is 1.68. The maximum Gasteiger partial charge on any atom is 0.272 e. The van der Waals surface area contributed by atoms with Gasteiger partial charge in [0.05, 0.1) is 5.92 Å². The van der Waals surface area contributed by atoms with Crippen LogP contribution in [0.25, 0.3) is 0 Å². The molecule has 2 saturated heterocycles. The number of hydrogen-bond acceptors (Lipinski definition) is 3. The molecular formula is C16H18ClN3O2. The van der Waals surface area contributed by atoms with E-state index in [-0.39, 0.29) is 23.7 Å². The summed E-state index contributed by atoms with van der Waals surface area (Å²) < 4.78 is 0. The number of halogens is 1. The van der Waals surface area contributed by atoms with E-state index in [1.807, 2.05) is 4.90 Å². The molecule has 1 aliphatic carbocycles. The first-order valence-electron chi connectivity index (χ1n) is 7.82. The Morgan fingerprint density at radius 2 is 2.09 bits per heavy atom. The molecule has 3 heterocycles. The lowest BCUT2D eigenvalue weighted by molar-refractivity contribution is -0.131. The molecule has 22 heavy (non-hydrogen) atoms. The van der Waals surface area contributed by atoms with Crippen molar-refractivity contribution in [3.63, 3.8) is 0 Å². The van der Waals surface area contributed by atoms with Crippen LogP contribution < -0.4 is 0 Å². The zero-order valence-electron chi connectivity index (χ0n) is 12.2. The largest absolute Gasteiger partial charge is 0.342 e. The Morgan fingerprint density at radius 1 is 1.27 bits per heavy atom. The summed E-state index contributed by atoms with van der Waals surface area (Å²) >= 11 is 5.85. The van der Waals surface area contributed by atoms with Gasteiger partial charge in [-0.3, -0.25) is 9.59 Å². The van der Waals surface area contributed by atoms with Gasteiger partial charge in [0.25, 0.3) is 5.91 Å². The Bertz CT molecular complexity index is 632. The fourth-order valence-electron chi connectivity index (χ4n) is 3.58. The van der Waals surface area contributed by atoms with Crippen molar-refractivity contribution in [2.45, 2.75) is 12.8 Å². The Kier molecular flexibility index (Phi) is 3.33. The minimum Gasteiger partial charge on any atom is -0.342 e. The lowest BCUT2D eigenvalue weighted by Crippen LogP contribution is -2.36. The van der Waals surface area contributed by atoms with Gasteiger partial charge in [0.1, 0.15) is 10.8 Å². The van der Waals surface area contributed by atoms with Gasteiger partial charge in [0.15, 0.2) is 0 Å². The second-order valence-electron chi connectivity index (χ2n) is 6.61. The molecule has 2 atom stereocenters. The number of pyridine rings is 1. The first-order chi connectivity index (χ1) is 10.6. The average molecular weight is 320 g/mol. The standard InChI is InChI=1S/C16H18ClN3O2/c17-14-3-1-2-13(18-14)16(22)20-8-11-7-19(6-10-4-5-10)15(21)12(11)9-20/h1-3,10-12H,4-9H2/t11-,12+/m1/s1. The van der Waals surface area contributed by atoms with Crippen molar-refractivity contribution in [3.05, 3.63) is 29.0 Å². The summed E-state index contributed by atoms with van der Waals surface area (Å²) in [5.74, 6) is 1.07. The van der Waals surface area contributed by atoms with Gasteiger partial charge in [-0.15, -0.1) is 0 Å². The highest BCUT2D eigenvalue weighted by atomic mass is 35.5. The van der Waals surface area contributed by atoms with Crippen LogP contribution in [0.4, 0.5) is 0 Å². The van der Waals surface area contributed by atoms with E-state index in [9.17, 15) is 9.59 Å². The van der Waals surface area contributed by atoms with Crippen molar-refractivity contribution in [3.8, 4) is 0 Å². The summed E-state index contributed by atoms with van der Waals surface area (Å²) in [7, 11) is 0. The van der Waals surface area contributed by atoms with Gasteiger partial charge in [-0.1, -0.05) is 17.7 Å². The highest BCUT2D eigenvalue weighted by Gasteiger charge is 2.48. The Balaban J connectivity index is 1.43. The number of aromatic nitrogens is 1. The first-order valence-corrected chi connectivity index (χ1v) is 8.20. The maximum absolute atomic E-state index is 12.5. The van der Waals surface area contributed by atoms with Gasteiger partial charge >= 0.3 is 0 Å². The van der Waals surface area contributed by atoms with Crippen LogP contribution >= 0.6 is 11.6 Å². The zero-order valence-corrected chi connectivity index (χ0v) is 13.0. The molecule has 0 N–H and O–H groups in total. The van der Waals surface area contributed by atoms with E-state index in [2.05, 4.69) is 4.98 Å². The number of carbonyl (C=O) groups is 2. The Hall–Kier alpha value is -1.62. The second-order valence-corrected chi connectivity index (χ2v) is 7.00. The smallest absolute Gasteiger partial charge is 0.272 e. The van der Waals surface area contributed by atoms with Crippen LogP contribution in [0.3, 0.4) is 0 Å². The Morgan fingerprint density at radius 3 is 2.77 bits per heavy atom. The Labute approximate surface area is 134 Å². The molecule has 0 bridgehead atoms. The van der Waals surface area contributed by atoms with E-state index in [4.69, 9.17) is 11.6 Å². The van der Waals surface area contributed by atoms with Crippen LogP contribution in [0.2, 0.25) is 5.15 Å². The van der Waals surface area contributed by atoms with Crippen LogP contribution in [0.15, 0.2) is 18.2 Å². The van der Waals surface area contributed by atoms with Crippen LogP contribution in [0, 0.1) is 17.8 Å². The van der Waals surface area contributed by atoms with E-state index in [0.29, 0.717) is 23.9 Å². The molecule has 2 amide bonds. The van der Waals surface area contributed by atoms with Crippen molar-refractivity contribution in [2.75, 3.05) is 26.2 Å². The number of rotatable bonds is 3. The number of hydrogen-bond donors (Lipinski definition) is 0. The number of fused-ring (bicyclic) bond motifs is 1. The lowest BCUT2D eigenvalue weighted by atomic mass is 10.0. The SMILES string of the molecule is O=C(c1cccc(Cl)n1)N1C[C@H]2CN(CC3CC3)C(=O)[C@H]2C1. The zero-order chi connectivity index (χ0) is 15.3. The topological polar surface area (TPSA) is 53.5 Å². The van der Waals surface area contributed by atoms with Gasteiger partial charge in [0, 0.05) is 32.1 Å². The highest BCUT2D eigenvalue weighted by molar-refractivity contribution is 6.29. The van der Waals surface area contributed by atoms with Crippen molar-refractivity contribution in [1.82, 2.24) is 14.8 Å². The maximum atomic E-state index is 12.5. The summed E-state index contributed by atoms with van der Waals surface area (Å²) in [5, 5.41) is 0.317. The molecule has 4 rings (SSSR count). The van der Waals surface area contributed by atoms with Crippen molar-refractivity contribution in [2.24, 2.45) is 17.8 Å². The van der Waals surface area contributed by atoms with Gasteiger partial charge in [-0.2, -0.15) is 0 Å². The summed E-state index contributed by atoms with van der Waals surface area (Å²) in [5.41, 5.74) is 0.356. The van der Waals surface area contributed by atoms with Crippen molar-refractivity contribution < 1.29 is 9.59 Å².